The van der Waals surface area contributed by atoms with Gasteiger partial charge >= 0.3 is 0 Å². The Morgan fingerprint density at radius 3 is 2.23 bits per heavy atom. The minimum atomic E-state index is 0.189. The first-order valence-corrected chi connectivity index (χ1v) is 10.0. The lowest BCUT2D eigenvalue weighted by atomic mass is 10.1. The Balaban J connectivity index is 1.44. The number of hydrogen-bond acceptors (Lipinski definition) is 1. The predicted octanol–water partition coefficient (Wildman–Crippen LogP) is 4.45. The van der Waals surface area contributed by atoms with Crippen molar-refractivity contribution in [1.29, 1.82) is 0 Å². The third kappa shape index (κ3) is 8.80. The molecule has 1 aromatic heterocycles. The van der Waals surface area contributed by atoms with Crippen molar-refractivity contribution in [3.8, 4) is 0 Å². The van der Waals surface area contributed by atoms with E-state index < -0.39 is 0 Å². The Labute approximate surface area is 158 Å². The van der Waals surface area contributed by atoms with Gasteiger partial charge < -0.3 is 5.32 Å². The fourth-order valence-electron chi connectivity index (χ4n) is 3.24. The molecule has 0 spiro atoms. The van der Waals surface area contributed by atoms with Crippen LogP contribution < -0.4 is 9.88 Å². The molecule has 0 radical (unpaired) electrons. The molecule has 26 heavy (non-hydrogen) atoms. The molecule has 0 fully saturated rings. The highest BCUT2D eigenvalue weighted by atomic mass is 16.1. The highest BCUT2D eigenvalue weighted by Gasteiger charge is 2.07. The summed E-state index contributed by atoms with van der Waals surface area (Å²) in [5.41, 5.74) is 1.27. The molecule has 1 N–H and O–H groups in total. The van der Waals surface area contributed by atoms with E-state index in [1.165, 1.54) is 31.2 Å². The zero-order valence-electron chi connectivity index (χ0n) is 16.1. The summed E-state index contributed by atoms with van der Waals surface area (Å²) < 4.78 is 2.24. The van der Waals surface area contributed by atoms with Crippen LogP contribution in [0.1, 0.15) is 57.4 Å². The third-order valence-electron chi connectivity index (χ3n) is 4.64. The van der Waals surface area contributed by atoms with E-state index in [4.69, 9.17) is 0 Å². The number of nitrogens with zero attached hydrogens (tertiary/aromatic N) is 1. The van der Waals surface area contributed by atoms with Crippen LogP contribution >= 0.6 is 0 Å². The monoisotopic (exact) mass is 353 g/mol. The second-order valence-corrected chi connectivity index (χ2v) is 7.14. The molecule has 1 amide bonds. The number of benzene rings is 1. The van der Waals surface area contributed by atoms with Gasteiger partial charge in [-0.1, -0.05) is 55.7 Å². The summed E-state index contributed by atoms with van der Waals surface area (Å²) in [5, 5.41) is 3.12. The summed E-state index contributed by atoms with van der Waals surface area (Å²) in [6, 6.07) is 16.7. The topological polar surface area (TPSA) is 33.0 Å². The van der Waals surface area contributed by atoms with Gasteiger partial charge in [-0.15, -0.1) is 0 Å². The third-order valence-corrected chi connectivity index (χ3v) is 4.64. The minimum absolute atomic E-state index is 0.189. The van der Waals surface area contributed by atoms with E-state index in [9.17, 15) is 4.79 Å². The van der Waals surface area contributed by atoms with Crippen LogP contribution in [0.5, 0.6) is 0 Å². The van der Waals surface area contributed by atoms with Crippen molar-refractivity contribution in [3.63, 3.8) is 0 Å². The molecule has 140 valence electrons. The number of hydrogen-bond donors (Lipinski definition) is 1. The van der Waals surface area contributed by atoms with Crippen molar-refractivity contribution in [1.82, 2.24) is 5.32 Å². The Hall–Kier alpha value is -2.16. The molecule has 0 bridgehead atoms. The highest BCUT2D eigenvalue weighted by molar-refractivity contribution is 5.76. The summed E-state index contributed by atoms with van der Waals surface area (Å²) in [5.74, 6) is 0.189. The van der Waals surface area contributed by atoms with E-state index in [1.807, 2.05) is 18.2 Å². The predicted molar refractivity (Wildman–Crippen MR) is 107 cm³/mol. The Kier molecular flexibility index (Phi) is 9.48. The van der Waals surface area contributed by atoms with Crippen LogP contribution in [-0.2, 0) is 17.8 Å². The van der Waals surface area contributed by atoms with Gasteiger partial charge in [0.2, 0.25) is 5.91 Å². The lowest BCUT2D eigenvalue weighted by Gasteiger charge is -2.14. The Morgan fingerprint density at radius 1 is 0.885 bits per heavy atom. The van der Waals surface area contributed by atoms with Crippen molar-refractivity contribution in [2.45, 2.75) is 70.9 Å². The van der Waals surface area contributed by atoms with Gasteiger partial charge in [0.05, 0.1) is 0 Å². The second kappa shape index (κ2) is 12.2. The molecule has 2 aromatic rings. The summed E-state index contributed by atoms with van der Waals surface area (Å²) in [7, 11) is 0. The molecule has 1 heterocycles. The molecule has 2 rings (SSSR count). The SMILES string of the molecule is CC(Cc1ccccc1)NC(=O)CCCCCCCC[n+]1ccccc1. The van der Waals surface area contributed by atoms with Crippen molar-refractivity contribution < 1.29 is 9.36 Å². The van der Waals surface area contributed by atoms with E-state index in [0.717, 1.165) is 25.8 Å². The standard InChI is InChI=1S/C23H32N2O/c1-21(20-22-14-8-6-9-15-22)24-23(26)16-10-4-2-3-5-11-17-25-18-12-7-13-19-25/h6-9,12-15,18-19,21H,2-5,10-11,16-17,20H2,1H3/p+1. The number of aryl methyl sites for hydroxylation is 1. The molecule has 0 saturated carbocycles. The van der Waals surface area contributed by atoms with Gasteiger partial charge in [0.15, 0.2) is 12.4 Å². The molecule has 1 unspecified atom stereocenters. The fourth-order valence-corrected chi connectivity index (χ4v) is 3.24. The van der Waals surface area contributed by atoms with E-state index in [-0.39, 0.29) is 11.9 Å². The smallest absolute Gasteiger partial charge is 0.220 e. The number of amides is 1. The summed E-state index contributed by atoms with van der Waals surface area (Å²) >= 11 is 0. The van der Waals surface area contributed by atoms with Crippen LogP contribution in [0, 0.1) is 0 Å². The van der Waals surface area contributed by atoms with Crippen LogP contribution in [0.4, 0.5) is 0 Å². The number of nitrogens with one attached hydrogen (secondary N) is 1. The number of carbonyl (C=O) groups excluding carboxylic acids is 1. The molecule has 3 heteroatoms. The average Bonchev–Trinajstić information content (AvgIpc) is 2.65. The quantitative estimate of drug-likeness (QED) is 0.444. The fraction of sp³-hybridized carbons (Fsp3) is 0.478. The van der Waals surface area contributed by atoms with Gasteiger partial charge in [0, 0.05) is 31.0 Å². The van der Waals surface area contributed by atoms with Gasteiger partial charge in [-0.25, -0.2) is 4.57 Å². The van der Waals surface area contributed by atoms with Crippen LogP contribution in [0.3, 0.4) is 0 Å². The molecular formula is C23H33N2O+. The lowest BCUT2D eigenvalue weighted by molar-refractivity contribution is -0.697. The maximum absolute atomic E-state index is 12.0. The number of rotatable bonds is 12. The largest absolute Gasteiger partial charge is 0.353 e. The zero-order valence-corrected chi connectivity index (χ0v) is 16.1. The number of carbonyl (C=O) groups is 1. The summed E-state index contributed by atoms with van der Waals surface area (Å²) in [4.78, 5) is 12.0. The average molecular weight is 354 g/mol. The molecule has 1 aromatic carbocycles. The van der Waals surface area contributed by atoms with E-state index in [0.29, 0.717) is 6.42 Å². The van der Waals surface area contributed by atoms with Crippen molar-refractivity contribution >= 4 is 5.91 Å². The van der Waals surface area contributed by atoms with Crippen molar-refractivity contribution in [2.75, 3.05) is 0 Å². The molecule has 0 aliphatic carbocycles. The zero-order chi connectivity index (χ0) is 18.5. The number of pyridine rings is 1. The first kappa shape index (κ1) is 20.2. The lowest BCUT2D eigenvalue weighted by Crippen LogP contribution is -2.33. The Morgan fingerprint density at radius 2 is 1.50 bits per heavy atom. The number of unbranched alkanes of at least 4 members (excludes halogenated alkanes) is 5. The van der Waals surface area contributed by atoms with Gasteiger partial charge in [-0.05, 0) is 31.7 Å². The van der Waals surface area contributed by atoms with Crippen LogP contribution in [-0.4, -0.2) is 11.9 Å². The van der Waals surface area contributed by atoms with Crippen molar-refractivity contribution in [3.05, 3.63) is 66.5 Å². The first-order chi connectivity index (χ1) is 12.7. The molecule has 0 aliphatic rings. The molecular weight excluding hydrogens is 320 g/mol. The molecule has 0 aliphatic heterocycles. The van der Waals surface area contributed by atoms with Crippen LogP contribution in [0.15, 0.2) is 60.9 Å². The Bertz CT molecular complexity index is 613. The van der Waals surface area contributed by atoms with Crippen LogP contribution in [0.25, 0.3) is 0 Å². The summed E-state index contributed by atoms with van der Waals surface area (Å²) in [6.45, 7) is 3.18. The maximum Gasteiger partial charge on any atom is 0.220 e. The molecule has 0 saturated heterocycles. The van der Waals surface area contributed by atoms with Crippen molar-refractivity contribution in [2.24, 2.45) is 0 Å². The number of aromatic nitrogens is 1. The summed E-state index contributed by atoms with van der Waals surface area (Å²) in [6.07, 6.45) is 12.9. The van der Waals surface area contributed by atoms with Gasteiger partial charge in [-0.2, -0.15) is 0 Å². The van der Waals surface area contributed by atoms with Crippen LogP contribution in [0.2, 0.25) is 0 Å². The molecule has 1 atom stereocenters. The van der Waals surface area contributed by atoms with E-state index in [2.05, 4.69) is 59.5 Å². The van der Waals surface area contributed by atoms with Gasteiger partial charge in [-0.3, -0.25) is 4.79 Å². The molecule has 3 nitrogen and oxygen atoms in total. The van der Waals surface area contributed by atoms with E-state index in [1.54, 1.807) is 0 Å². The highest BCUT2D eigenvalue weighted by Crippen LogP contribution is 2.08. The maximum atomic E-state index is 12.0. The first-order valence-electron chi connectivity index (χ1n) is 10.0. The van der Waals surface area contributed by atoms with Gasteiger partial charge in [0.1, 0.15) is 6.54 Å². The minimum Gasteiger partial charge on any atom is -0.353 e. The van der Waals surface area contributed by atoms with Gasteiger partial charge in [0.25, 0.3) is 0 Å². The normalized spacial score (nSPS) is 11.9. The van der Waals surface area contributed by atoms with E-state index >= 15 is 0 Å². The second-order valence-electron chi connectivity index (χ2n) is 7.14.